The van der Waals surface area contributed by atoms with Gasteiger partial charge in [-0.2, -0.15) is 0 Å². The molecule has 0 saturated carbocycles. The third-order valence-electron chi connectivity index (χ3n) is 5.87. The van der Waals surface area contributed by atoms with Crippen LogP contribution in [0.2, 0.25) is 0 Å². The molecule has 0 fully saturated rings. The fraction of sp³-hybridized carbons (Fsp3) is 0.273. The first-order chi connectivity index (χ1) is 11.8. The topological polar surface area (TPSA) is 18.5 Å². The van der Waals surface area contributed by atoms with E-state index in [1.807, 2.05) is 0 Å². The van der Waals surface area contributed by atoms with Gasteiger partial charge >= 0.3 is 0 Å². The van der Waals surface area contributed by atoms with Gasteiger partial charge in [0.05, 0.1) is 26.1 Å². The van der Waals surface area contributed by atoms with Gasteiger partial charge in [0.15, 0.2) is 0 Å². The molecular formula is C22H20O2. The molecule has 3 aliphatic rings. The van der Waals surface area contributed by atoms with Gasteiger partial charge in [0.25, 0.3) is 0 Å². The number of allylic oxidation sites excluding steroid dienone is 4. The van der Waals surface area contributed by atoms with Crippen LogP contribution in [-0.2, 0) is 9.47 Å². The van der Waals surface area contributed by atoms with Gasteiger partial charge in [0, 0.05) is 11.8 Å². The van der Waals surface area contributed by atoms with Crippen molar-refractivity contribution in [2.24, 2.45) is 0 Å². The van der Waals surface area contributed by atoms with Gasteiger partial charge < -0.3 is 9.47 Å². The van der Waals surface area contributed by atoms with Gasteiger partial charge in [0.2, 0.25) is 0 Å². The Labute approximate surface area is 142 Å². The molecule has 2 aromatic rings. The largest absolute Gasteiger partial charge is 0.501 e. The van der Waals surface area contributed by atoms with E-state index in [1.54, 1.807) is 14.2 Å². The summed E-state index contributed by atoms with van der Waals surface area (Å²) in [7, 11) is 3.60. The van der Waals surface area contributed by atoms with Crippen LogP contribution in [0.15, 0.2) is 72.2 Å². The standard InChI is InChI=1S/C22H20O2/c1-23-19-11-17-13-7-3-5-9-15(13)21(19)18-12-20(24-2)22(17)16-10-6-4-8-14(16)18/h3-12,17-18,21-22H,1-2H3/t17-,18-,21+,22+/m1/s1. The molecule has 0 N–H and O–H groups in total. The quantitative estimate of drug-likeness (QED) is 0.790. The molecular weight excluding hydrogens is 296 g/mol. The summed E-state index contributed by atoms with van der Waals surface area (Å²) in [6.45, 7) is 0. The highest BCUT2D eigenvalue weighted by molar-refractivity contribution is 5.58. The lowest BCUT2D eigenvalue weighted by atomic mass is 9.60. The lowest BCUT2D eigenvalue weighted by molar-refractivity contribution is 0.221. The molecule has 0 heterocycles. The summed E-state index contributed by atoms with van der Waals surface area (Å²) in [6.07, 6.45) is 4.65. The van der Waals surface area contributed by atoms with Gasteiger partial charge in [0.1, 0.15) is 11.5 Å². The maximum Gasteiger partial charge on any atom is 0.101 e. The van der Waals surface area contributed by atoms with Crippen molar-refractivity contribution in [1.82, 2.24) is 0 Å². The first-order valence-electron chi connectivity index (χ1n) is 8.52. The van der Waals surface area contributed by atoms with Gasteiger partial charge in [-0.05, 0) is 34.4 Å². The monoisotopic (exact) mass is 316 g/mol. The van der Waals surface area contributed by atoms with Crippen LogP contribution < -0.4 is 0 Å². The molecule has 0 aliphatic heterocycles. The third-order valence-corrected chi connectivity index (χ3v) is 5.87. The second-order valence-corrected chi connectivity index (χ2v) is 6.81. The van der Waals surface area contributed by atoms with Crippen molar-refractivity contribution in [3.63, 3.8) is 0 Å². The van der Waals surface area contributed by atoms with E-state index in [0.29, 0.717) is 0 Å². The molecule has 2 aromatic carbocycles. The van der Waals surface area contributed by atoms with Crippen molar-refractivity contribution in [2.45, 2.75) is 23.7 Å². The number of rotatable bonds is 2. The van der Waals surface area contributed by atoms with Gasteiger partial charge in [-0.15, -0.1) is 0 Å². The summed E-state index contributed by atoms with van der Waals surface area (Å²) in [6, 6.07) is 17.6. The zero-order valence-electron chi connectivity index (χ0n) is 13.9. The molecule has 120 valence electrons. The number of benzene rings is 2. The first-order valence-corrected chi connectivity index (χ1v) is 8.52. The highest BCUT2D eigenvalue weighted by atomic mass is 16.5. The zero-order valence-corrected chi connectivity index (χ0v) is 13.9. The summed E-state index contributed by atoms with van der Waals surface area (Å²) in [5.41, 5.74) is 5.63. The number of hydrogen-bond acceptors (Lipinski definition) is 2. The van der Waals surface area contributed by atoms with Crippen LogP contribution in [0.1, 0.15) is 45.9 Å². The minimum absolute atomic E-state index is 0.218. The van der Waals surface area contributed by atoms with Crippen LogP contribution in [0.3, 0.4) is 0 Å². The average Bonchev–Trinajstić information content (AvgIpc) is 2.63. The fourth-order valence-electron chi connectivity index (χ4n) is 4.93. The van der Waals surface area contributed by atoms with Crippen molar-refractivity contribution in [3.8, 4) is 0 Å². The summed E-state index contributed by atoms with van der Waals surface area (Å²) < 4.78 is 11.7. The zero-order chi connectivity index (χ0) is 16.3. The average molecular weight is 316 g/mol. The van der Waals surface area contributed by atoms with Crippen molar-refractivity contribution in [1.29, 1.82) is 0 Å². The highest BCUT2D eigenvalue weighted by Crippen LogP contribution is 2.59. The molecule has 0 amide bonds. The van der Waals surface area contributed by atoms with Crippen LogP contribution in [-0.4, -0.2) is 14.2 Å². The molecule has 4 bridgehead atoms. The van der Waals surface area contributed by atoms with Gasteiger partial charge in [-0.1, -0.05) is 48.5 Å². The van der Waals surface area contributed by atoms with Crippen molar-refractivity contribution in [2.75, 3.05) is 14.2 Å². The molecule has 24 heavy (non-hydrogen) atoms. The number of methoxy groups -OCH3 is 2. The van der Waals surface area contributed by atoms with Crippen molar-refractivity contribution < 1.29 is 9.47 Å². The maximum absolute atomic E-state index is 5.85. The van der Waals surface area contributed by atoms with Gasteiger partial charge in [-0.25, -0.2) is 0 Å². The van der Waals surface area contributed by atoms with E-state index in [9.17, 15) is 0 Å². The predicted molar refractivity (Wildman–Crippen MR) is 94.0 cm³/mol. The van der Waals surface area contributed by atoms with E-state index >= 15 is 0 Å². The van der Waals surface area contributed by atoms with Crippen LogP contribution >= 0.6 is 0 Å². The van der Waals surface area contributed by atoms with Gasteiger partial charge in [-0.3, -0.25) is 0 Å². The van der Waals surface area contributed by atoms with E-state index in [0.717, 1.165) is 11.5 Å². The van der Waals surface area contributed by atoms with E-state index in [-0.39, 0.29) is 23.7 Å². The lowest BCUT2D eigenvalue weighted by Crippen LogP contribution is -2.32. The summed E-state index contributed by atoms with van der Waals surface area (Å²) in [5, 5.41) is 0. The molecule has 0 radical (unpaired) electrons. The molecule has 3 aliphatic carbocycles. The molecule has 2 nitrogen and oxygen atoms in total. The van der Waals surface area contributed by atoms with Crippen LogP contribution in [0.5, 0.6) is 0 Å². The molecule has 0 spiro atoms. The fourth-order valence-corrected chi connectivity index (χ4v) is 4.93. The normalized spacial score (nSPS) is 28.9. The summed E-state index contributed by atoms with van der Waals surface area (Å²) >= 11 is 0. The van der Waals surface area contributed by atoms with Crippen LogP contribution in [0, 0.1) is 0 Å². The minimum atomic E-state index is 0.218. The van der Waals surface area contributed by atoms with Crippen LogP contribution in [0.25, 0.3) is 0 Å². The molecule has 0 unspecified atom stereocenters. The Morgan fingerprint density at radius 2 is 0.958 bits per heavy atom. The second-order valence-electron chi connectivity index (χ2n) is 6.81. The first kappa shape index (κ1) is 13.9. The summed E-state index contributed by atoms with van der Waals surface area (Å²) in [5.74, 6) is 3.12. The molecule has 4 atom stereocenters. The second kappa shape index (κ2) is 5.01. The third kappa shape index (κ3) is 1.66. The Bertz CT molecular complexity index is 804. The SMILES string of the molecule is COC1=C[C@@H]2c3ccccc3[C@H]1[C@@H]1C=C(OC)[C@H]2c2ccccc21. The smallest absolute Gasteiger partial charge is 0.101 e. The molecule has 2 heteroatoms. The van der Waals surface area contributed by atoms with E-state index in [2.05, 4.69) is 60.7 Å². The highest BCUT2D eigenvalue weighted by Gasteiger charge is 2.46. The molecule has 0 saturated heterocycles. The van der Waals surface area contributed by atoms with Crippen molar-refractivity contribution >= 4 is 0 Å². The number of fused-ring (bicyclic) bond motifs is 2. The Morgan fingerprint density at radius 3 is 1.33 bits per heavy atom. The van der Waals surface area contributed by atoms with E-state index in [1.165, 1.54) is 22.3 Å². The van der Waals surface area contributed by atoms with E-state index < -0.39 is 0 Å². The lowest BCUT2D eigenvalue weighted by Gasteiger charge is -2.45. The predicted octanol–water partition coefficient (Wildman–Crippen LogP) is 4.82. The maximum atomic E-state index is 5.85. The Kier molecular flexibility index (Phi) is 2.90. The van der Waals surface area contributed by atoms with Crippen molar-refractivity contribution in [3.05, 3.63) is 94.5 Å². The van der Waals surface area contributed by atoms with E-state index in [4.69, 9.17) is 9.47 Å². The Morgan fingerprint density at radius 1 is 0.583 bits per heavy atom. The Hall–Kier alpha value is -2.48. The van der Waals surface area contributed by atoms with Crippen LogP contribution in [0.4, 0.5) is 0 Å². The molecule has 0 aromatic heterocycles. The number of hydrogen-bond donors (Lipinski definition) is 0. The minimum Gasteiger partial charge on any atom is -0.501 e. The Balaban J connectivity index is 1.86. The number of ether oxygens (including phenoxy) is 2. The molecule has 5 rings (SSSR count). The summed E-state index contributed by atoms with van der Waals surface area (Å²) in [4.78, 5) is 0.